The standard InChI is InChI=1S/C14H15N3O2/c1-9-6-7-11(8-10(9)2)19-13-5-3-4-12(16-13)14(15)17-18/h3-8,18H,1-2H3,(H2,15,17). The average molecular weight is 257 g/mol. The lowest BCUT2D eigenvalue weighted by Gasteiger charge is -2.08. The number of hydrogen-bond acceptors (Lipinski definition) is 4. The summed E-state index contributed by atoms with van der Waals surface area (Å²) in [7, 11) is 0. The molecule has 0 aliphatic heterocycles. The molecule has 0 aliphatic carbocycles. The van der Waals surface area contributed by atoms with Gasteiger partial charge in [-0.1, -0.05) is 17.3 Å². The van der Waals surface area contributed by atoms with Gasteiger partial charge in [0.2, 0.25) is 5.88 Å². The van der Waals surface area contributed by atoms with E-state index < -0.39 is 0 Å². The van der Waals surface area contributed by atoms with Gasteiger partial charge in [0.05, 0.1) is 0 Å². The lowest BCUT2D eigenvalue weighted by molar-refractivity contribution is 0.318. The lowest BCUT2D eigenvalue weighted by Crippen LogP contribution is -2.14. The van der Waals surface area contributed by atoms with Gasteiger partial charge in [0.25, 0.3) is 0 Å². The minimum Gasteiger partial charge on any atom is -0.439 e. The monoisotopic (exact) mass is 257 g/mol. The van der Waals surface area contributed by atoms with Gasteiger partial charge in [-0.25, -0.2) is 4.98 Å². The highest BCUT2D eigenvalue weighted by molar-refractivity contribution is 5.95. The summed E-state index contributed by atoms with van der Waals surface area (Å²) in [4.78, 5) is 4.15. The summed E-state index contributed by atoms with van der Waals surface area (Å²) in [5, 5.41) is 11.5. The Bertz CT molecular complexity index is 624. The van der Waals surface area contributed by atoms with E-state index in [2.05, 4.69) is 10.1 Å². The first-order chi connectivity index (χ1) is 9.10. The first kappa shape index (κ1) is 12.9. The highest BCUT2D eigenvalue weighted by atomic mass is 16.5. The van der Waals surface area contributed by atoms with E-state index in [9.17, 15) is 0 Å². The molecule has 98 valence electrons. The number of aryl methyl sites for hydroxylation is 2. The Hall–Kier alpha value is -2.56. The maximum atomic E-state index is 8.62. The number of nitrogens with zero attached hydrogens (tertiary/aromatic N) is 2. The molecule has 0 bridgehead atoms. The molecule has 0 amide bonds. The summed E-state index contributed by atoms with van der Waals surface area (Å²) in [5.41, 5.74) is 8.19. The molecule has 5 nitrogen and oxygen atoms in total. The lowest BCUT2D eigenvalue weighted by atomic mass is 10.1. The molecular formula is C14H15N3O2. The van der Waals surface area contributed by atoms with Crippen LogP contribution in [0.3, 0.4) is 0 Å². The molecule has 19 heavy (non-hydrogen) atoms. The van der Waals surface area contributed by atoms with Crippen molar-refractivity contribution in [2.24, 2.45) is 10.9 Å². The normalized spacial score (nSPS) is 11.4. The van der Waals surface area contributed by atoms with Crippen molar-refractivity contribution in [2.45, 2.75) is 13.8 Å². The number of amidine groups is 1. The van der Waals surface area contributed by atoms with Crippen molar-refractivity contribution in [3.63, 3.8) is 0 Å². The van der Waals surface area contributed by atoms with E-state index in [-0.39, 0.29) is 5.84 Å². The van der Waals surface area contributed by atoms with Gasteiger partial charge in [-0.15, -0.1) is 0 Å². The molecule has 1 heterocycles. The molecule has 0 aliphatic rings. The molecule has 0 spiro atoms. The molecule has 2 aromatic rings. The molecular weight excluding hydrogens is 242 g/mol. The van der Waals surface area contributed by atoms with Crippen LogP contribution >= 0.6 is 0 Å². The van der Waals surface area contributed by atoms with Crippen LogP contribution in [0, 0.1) is 13.8 Å². The second-order valence-electron chi connectivity index (χ2n) is 4.19. The fourth-order valence-corrected chi connectivity index (χ4v) is 1.56. The number of pyridine rings is 1. The molecule has 0 atom stereocenters. The molecule has 0 unspecified atom stereocenters. The van der Waals surface area contributed by atoms with Crippen molar-refractivity contribution in [1.82, 2.24) is 4.98 Å². The van der Waals surface area contributed by atoms with Crippen LogP contribution in [0.4, 0.5) is 0 Å². The third-order valence-electron chi connectivity index (χ3n) is 2.79. The van der Waals surface area contributed by atoms with Crippen LogP contribution in [0.25, 0.3) is 0 Å². The van der Waals surface area contributed by atoms with Crippen molar-refractivity contribution in [3.8, 4) is 11.6 Å². The summed E-state index contributed by atoms with van der Waals surface area (Å²) in [6, 6.07) is 10.9. The Labute approximate surface area is 111 Å². The van der Waals surface area contributed by atoms with Crippen LogP contribution in [0.1, 0.15) is 16.8 Å². The van der Waals surface area contributed by atoms with Crippen LogP contribution in [0.5, 0.6) is 11.6 Å². The first-order valence-corrected chi connectivity index (χ1v) is 5.80. The molecule has 0 fully saturated rings. The quantitative estimate of drug-likeness (QED) is 0.383. The van der Waals surface area contributed by atoms with Crippen molar-refractivity contribution in [2.75, 3.05) is 0 Å². The molecule has 2 rings (SSSR count). The topological polar surface area (TPSA) is 80.7 Å². The summed E-state index contributed by atoms with van der Waals surface area (Å²) < 4.78 is 5.65. The zero-order chi connectivity index (χ0) is 13.8. The zero-order valence-corrected chi connectivity index (χ0v) is 10.8. The first-order valence-electron chi connectivity index (χ1n) is 5.80. The van der Waals surface area contributed by atoms with Crippen molar-refractivity contribution in [1.29, 1.82) is 0 Å². The smallest absolute Gasteiger partial charge is 0.219 e. The van der Waals surface area contributed by atoms with Gasteiger partial charge in [0.15, 0.2) is 5.84 Å². The van der Waals surface area contributed by atoms with Crippen LogP contribution in [0.2, 0.25) is 0 Å². The Morgan fingerprint density at radius 3 is 2.68 bits per heavy atom. The van der Waals surface area contributed by atoms with Crippen LogP contribution < -0.4 is 10.5 Å². The maximum Gasteiger partial charge on any atom is 0.219 e. The number of benzene rings is 1. The zero-order valence-electron chi connectivity index (χ0n) is 10.8. The minimum atomic E-state index is -0.0504. The second kappa shape index (κ2) is 5.39. The van der Waals surface area contributed by atoms with Crippen molar-refractivity contribution in [3.05, 3.63) is 53.2 Å². The molecule has 0 saturated carbocycles. The predicted molar refractivity (Wildman–Crippen MR) is 72.7 cm³/mol. The van der Waals surface area contributed by atoms with Gasteiger partial charge in [0.1, 0.15) is 11.4 Å². The third kappa shape index (κ3) is 3.01. The molecule has 3 N–H and O–H groups in total. The van der Waals surface area contributed by atoms with Crippen LogP contribution in [0.15, 0.2) is 41.6 Å². The van der Waals surface area contributed by atoms with Gasteiger partial charge in [-0.05, 0) is 43.2 Å². The fourth-order valence-electron chi connectivity index (χ4n) is 1.56. The second-order valence-corrected chi connectivity index (χ2v) is 4.19. The third-order valence-corrected chi connectivity index (χ3v) is 2.79. The number of nitrogens with two attached hydrogens (primary N) is 1. The number of ether oxygens (including phenoxy) is 1. The van der Waals surface area contributed by atoms with Crippen LogP contribution in [-0.2, 0) is 0 Å². The summed E-state index contributed by atoms with van der Waals surface area (Å²) in [6.07, 6.45) is 0. The summed E-state index contributed by atoms with van der Waals surface area (Å²) in [6.45, 7) is 4.05. The SMILES string of the molecule is Cc1ccc(Oc2cccc(C(N)=NO)n2)cc1C. The largest absolute Gasteiger partial charge is 0.439 e. The van der Waals surface area contributed by atoms with Gasteiger partial charge < -0.3 is 15.7 Å². The molecule has 1 aromatic carbocycles. The van der Waals surface area contributed by atoms with Gasteiger partial charge >= 0.3 is 0 Å². The van der Waals surface area contributed by atoms with Gasteiger partial charge in [-0.2, -0.15) is 0 Å². The van der Waals surface area contributed by atoms with E-state index in [0.29, 0.717) is 17.3 Å². The maximum absolute atomic E-state index is 8.62. The minimum absolute atomic E-state index is 0.0504. The molecule has 0 saturated heterocycles. The number of rotatable bonds is 3. The van der Waals surface area contributed by atoms with Gasteiger partial charge in [-0.3, -0.25) is 0 Å². The molecule has 5 heteroatoms. The van der Waals surface area contributed by atoms with E-state index in [1.807, 2.05) is 32.0 Å². The summed E-state index contributed by atoms with van der Waals surface area (Å²) >= 11 is 0. The van der Waals surface area contributed by atoms with Crippen molar-refractivity contribution < 1.29 is 9.94 Å². The highest BCUT2D eigenvalue weighted by Gasteiger charge is 2.05. The average Bonchev–Trinajstić information content (AvgIpc) is 2.42. The molecule has 0 radical (unpaired) electrons. The predicted octanol–water partition coefficient (Wildman–Crippen LogP) is 2.59. The molecule has 1 aromatic heterocycles. The number of hydrogen-bond donors (Lipinski definition) is 2. The van der Waals surface area contributed by atoms with E-state index in [1.165, 1.54) is 5.56 Å². The Balaban J connectivity index is 2.26. The summed E-state index contributed by atoms with van der Waals surface area (Å²) in [5.74, 6) is 1.05. The Morgan fingerprint density at radius 2 is 2.00 bits per heavy atom. The number of oxime groups is 1. The van der Waals surface area contributed by atoms with E-state index in [4.69, 9.17) is 15.7 Å². The van der Waals surface area contributed by atoms with Gasteiger partial charge in [0, 0.05) is 6.07 Å². The van der Waals surface area contributed by atoms with E-state index in [0.717, 1.165) is 5.56 Å². The number of aromatic nitrogens is 1. The van der Waals surface area contributed by atoms with Crippen LogP contribution in [-0.4, -0.2) is 16.0 Å². The fraction of sp³-hybridized carbons (Fsp3) is 0.143. The Morgan fingerprint density at radius 1 is 1.21 bits per heavy atom. The van der Waals surface area contributed by atoms with Crippen molar-refractivity contribution >= 4 is 5.84 Å². The Kier molecular flexibility index (Phi) is 3.66. The van der Waals surface area contributed by atoms with E-state index in [1.54, 1.807) is 18.2 Å². The highest BCUT2D eigenvalue weighted by Crippen LogP contribution is 2.22. The van der Waals surface area contributed by atoms with E-state index >= 15 is 0 Å².